The van der Waals surface area contributed by atoms with E-state index in [9.17, 15) is 4.79 Å². The smallest absolute Gasteiger partial charge is 0.161 e. The van der Waals surface area contributed by atoms with Gasteiger partial charge in [-0.2, -0.15) is 0 Å². The molecule has 0 aromatic carbocycles. The predicted molar refractivity (Wildman–Crippen MR) is 56.0 cm³/mol. The summed E-state index contributed by atoms with van der Waals surface area (Å²) in [5.41, 5.74) is 1.64. The molecule has 1 aromatic heterocycles. The maximum Gasteiger partial charge on any atom is 0.161 e. The Hall–Kier alpha value is -0.700. The van der Waals surface area contributed by atoms with Crippen LogP contribution in [0.1, 0.15) is 42.7 Å². The summed E-state index contributed by atoms with van der Waals surface area (Å²) in [4.78, 5) is 15.2. The zero-order valence-electron chi connectivity index (χ0n) is 7.97. The van der Waals surface area contributed by atoms with Crippen molar-refractivity contribution in [3.8, 4) is 0 Å². The highest BCUT2D eigenvalue weighted by Gasteiger charge is 2.08. The van der Waals surface area contributed by atoms with E-state index in [0.29, 0.717) is 11.5 Å². The van der Waals surface area contributed by atoms with Crippen LogP contribution in [0.4, 0.5) is 0 Å². The maximum absolute atomic E-state index is 11.0. The van der Waals surface area contributed by atoms with Crippen LogP contribution in [0, 0.1) is 0 Å². The number of hydrogen-bond donors (Lipinski definition) is 0. The van der Waals surface area contributed by atoms with Gasteiger partial charge in [0.05, 0.1) is 5.69 Å². The second kappa shape index (κ2) is 4.01. The van der Waals surface area contributed by atoms with E-state index in [2.05, 4.69) is 34.8 Å². The Bertz CT molecular complexity index is 334. The third kappa shape index (κ3) is 2.37. The quantitative estimate of drug-likeness (QED) is 0.745. The highest BCUT2D eigenvalue weighted by atomic mass is 79.9. The number of Topliss-reactive ketones (excluding diaryl/α,β-unsaturated/α-hetero) is 1. The second-order valence-electron chi connectivity index (χ2n) is 3.30. The van der Waals surface area contributed by atoms with Crippen molar-refractivity contribution in [2.45, 2.75) is 26.7 Å². The monoisotopic (exact) mass is 241 g/mol. The Morgan fingerprint density at radius 3 is 2.54 bits per heavy atom. The summed E-state index contributed by atoms with van der Waals surface area (Å²) < 4.78 is 0.912. The van der Waals surface area contributed by atoms with Gasteiger partial charge in [0.2, 0.25) is 0 Å². The van der Waals surface area contributed by atoms with Crippen LogP contribution in [0.25, 0.3) is 0 Å². The summed E-state index contributed by atoms with van der Waals surface area (Å²) in [5.74, 6) is 0.416. The summed E-state index contributed by atoms with van der Waals surface area (Å²) in [7, 11) is 0. The van der Waals surface area contributed by atoms with Crippen molar-refractivity contribution in [2.75, 3.05) is 0 Å². The lowest BCUT2D eigenvalue weighted by Gasteiger charge is -2.07. The number of nitrogens with zero attached hydrogens (tertiary/aromatic N) is 1. The Balaban J connectivity index is 3.13. The third-order valence-corrected chi connectivity index (χ3v) is 2.46. The number of aromatic nitrogens is 1. The van der Waals surface area contributed by atoms with Gasteiger partial charge in [0.1, 0.15) is 0 Å². The number of rotatable bonds is 2. The summed E-state index contributed by atoms with van der Waals surface area (Å²) in [6.45, 7) is 5.68. The van der Waals surface area contributed by atoms with Crippen LogP contribution < -0.4 is 0 Å². The van der Waals surface area contributed by atoms with Crippen LogP contribution in [0.15, 0.2) is 16.7 Å². The van der Waals surface area contributed by atoms with Gasteiger partial charge in [0.15, 0.2) is 5.78 Å². The molecule has 0 aliphatic rings. The van der Waals surface area contributed by atoms with Crippen LogP contribution in [0.3, 0.4) is 0 Å². The van der Waals surface area contributed by atoms with Crippen LogP contribution in [-0.4, -0.2) is 10.8 Å². The molecule has 2 nitrogen and oxygen atoms in total. The molecule has 0 saturated carbocycles. The Labute approximate surface area is 86.5 Å². The number of carbonyl (C=O) groups excluding carboxylic acids is 1. The maximum atomic E-state index is 11.0. The van der Waals surface area contributed by atoms with Crippen LogP contribution in [-0.2, 0) is 0 Å². The Morgan fingerprint density at radius 1 is 1.54 bits per heavy atom. The minimum atomic E-state index is 0.0449. The van der Waals surface area contributed by atoms with Crippen molar-refractivity contribution < 1.29 is 4.79 Å². The summed E-state index contributed by atoms with van der Waals surface area (Å²) >= 11 is 3.40. The molecule has 0 aliphatic carbocycles. The van der Waals surface area contributed by atoms with Gasteiger partial charge < -0.3 is 0 Å². The highest BCUT2D eigenvalue weighted by molar-refractivity contribution is 9.10. The van der Waals surface area contributed by atoms with E-state index in [0.717, 1.165) is 10.2 Å². The van der Waals surface area contributed by atoms with E-state index in [1.54, 1.807) is 13.1 Å². The van der Waals surface area contributed by atoms with Crippen molar-refractivity contribution in [1.29, 1.82) is 0 Å². The minimum absolute atomic E-state index is 0.0449. The first-order chi connectivity index (χ1) is 6.02. The first-order valence-corrected chi connectivity index (χ1v) is 4.98. The van der Waals surface area contributed by atoms with Crippen LogP contribution in [0.5, 0.6) is 0 Å². The lowest BCUT2D eigenvalue weighted by molar-refractivity contribution is 0.101. The zero-order chi connectivity index (χ0) is 10.0. The van der Waals surface area contributed by atoms with E-state index in [1.807, 2.05) is 6.07 Å². The molecule has 1 heterocycles. The van der Waals surface area contributed by atoms with Gasteiger partial charge in [0.25, 0.3) is 0 Å². The van der Waals surface area contributed by atoms with Gasteiger partial charge in [-0.3, -0.25) is 9.78 Å². The molecule has 0 amide bonds. The Kier molecular flexibility index (Phi) is 3.20. The molecule has 0 N–H and O–H groups in total. The second-order valence-corrected chi connectivity index (χ2v) is 4.16. The third-order valence-electron chi connectivity index (χ3n) is 1.82. The van der Waals surface area contributed by atoms with Crippen molar-refractivity contribution in [3.05, 3.63) is 28.0 Å². The van der Waals surface area contributed by atoms with Gasteiger partial charge >= 0.3 is 0 Å². The van der Waals surface area contributed by atoms with E-state index in [1.165, 1.54) is 0 Å². The number of carbonyl (C=O) groups is 1. The molecule has 0 atom stereocenters. The number of ketones is 1. The van der Waals surface area contributed by atoms with Crippen molar-refractivity contribution in [3.63, 3.8) is 0 Å². The molecule has 1 rings (SSSR count). The van der Waals surface area contributed by atoms with Crippen molar-refractivity contribution >= 4 is 21.7 Å². The van der Waals surface area contributed by atoms with Crippen LogP contribution >= 0.6 is 15.9 Å². The highest BCUT2D eigenvalue weighted by Crippen LogP contribution is 2.23. The van der Waals surface area contributed by atoms with Gasteiger partial charge in [-0.05, 0) is 34.8 Å². The topological polar surface area (TPSA) is 30.0 Å². The number of halogens is 1. The normalized spacial score (nSPS) is 10.5. The van der Waals surface area contributed by atoms with E-state index < -0.39 is 0 Å². The fourth-order valence-corrected chi connectivity index (χ4v) is 1.87. The summed E-state index contributed by atoms with van der Waals surface area (Å²) in [5, 5.41) is 0. The molecule has 0 spiro atoms. The van der Waals surface area contributed by atoms with Crippen molar-refractivity contribution in [1.82, 2.24) is 4.98 Å². The Morgan fingerprint density at radius 2 is 2.15 bits per heavy atom. The lowest BCUT2D eigenvalue weighted by Crippen LogP contribution is -1.99. The fraction of sp³-hybridized carbons (Fsp3) is 0.400. The van der Waals surface area contributed by atoms with Gasteiger partial charge in [-0.1, -0.05) is 13.8 Å². The lowest BCUT2D eigenvalue weighted by atomic mass is 10.1. The zero-order valence-corrected chi connectivity index (χ0v) is 9.55. The molecule has 0 aliphatic heterocycles. The van der Waals surface area contributed by atoms with E-state index in [-0.39, 0.29) is 5.78 Å². The average Bonchev–Trinajstić information content (AvgIpc) is 2.03. The van der Waals surface area contributed by atoms with Crippen molar-refractivity contribution in [2.24, 2.45) is 0 Å². The van der Waals surface area contributed by atoms with Crippen LogP contribution in [0.2, 0.25) is 0 Å². The number of pyridine rings is 1. The van der Waals surface area contributed by atoms with Gasteiger partial charge in [-0.15, -0.1) is 0 Å². The molecule has 70 valence electrons. The molecule has 0 radical (unpaired) electrons. The van der Waals surface area contributed by atoms with Gasteiger partial charge in [0, 0.05) is 16.2 Å². The molecule has 1 aromatic rings. The SMILES string of the molecule is CC(=O)c1cnc(C(C)C)c(Br)c1. The van der Waals surface area contributed by atoms with E-state index >= 15 is 0 Å². The molecule has 3 heteroatoms. The molecular formula is C10H12BrNO. The first kappa shape index (κ1) is 10.4. The molecule has 0 unspecified atom stereocenters. The largest absolute Gasteiger partial charge is 0.294 e. The molecule has 13 heavy (non-hydrogen) atoms. The minimum Gasteiger partial charge on any atom is -0.294 e. The molecular weight excluding hydrogens is 230 g/mol. The van der Waals surface area contributed by atoms with Gasteiger partial charge in [-0.25, -0.2) is 0 Å². The number of hydrogen-bond acceptors (Lipinski definition) is 2. The first-order valence-electron chi connectivity index (χ1n) is 4.18. The standard InChI is InChI=1S/C10H12BrNO/c1-6(2)10-9(11)4-8(5-12-10)7(3)13/h4-6H,1-3H3. The molecule has 0 fully saturated rings. The molecule has 0 saturated heterocycles. The average molecular weight is 242 g/mol. The fourth-order valence-electron chi connectivity index (χ4n) is 1.07. The summed E-state index contributed by atoms with van der Waals surface area (Å²) in [6.07, 6.45) is 1.63. The predicted octanol–water partition coefficient (Wildman–Crippen LogP) is 3.17. The molecule has 0 bridgehead atoms. The summed E-state index contributed by atoms with van der Waals surface area (Å²) in [6, 6.07) is 1.82. The van der Waals surface area contributed by atoms with E-state index in [4.69, 9.17) is 0 Å².